The molecule has 114 valence electrons. The second kappa shape index (κ2) is 7.65. The second-order valence-electron chi connectivity index (χ2n) is 5.98. The van der Waals surface area contributed by atoms with E-state index in [1.54, 1.807) is 0 Å². The highest BCUT2D eigenvalue weighted by atomic mass is 16.5. The van der Waals surface area contributed by atoms with Crippen LogP contribution >= 0.6 is 0 Å². The lowest BCUT2D eigenvalue weighted by Gasteiger charge is -2.22. The Bertz CT molecular complexity index is 410. The molecule has 1 aromatic rings. The maximum atomic E-state index is 5.90. The summed E-state index contributed by atoms with van der Waals surface area (Å²) in [6, 6.07) is 6.70. The van der Waals surface area contributed by atoms with Crippen LogP contribution < -0.4 is 10.1 Å². The van der Waals surface area contributed by atoms with Gasteiger partial charge in [0.25, 0.3) is 0 Å². The van der Waals surface area contributed by atoms with Crippen LogP contribution in [0.25, 0.3) is 0 Å². The van der Waals surface area contributed by atoms with Crippen LogP contribution in [0.4, 0.5) is 0 Å². The highest BCUT2D eigenvalue weighted by Gasteiger charge is 2.14. The van der Waals surface area contributed by atoms with Crippen molar-refractivity contribution in [1.82, 2.24) is 5.32 Å². The van der Waals surface area contributed by atoms with Gasteiger partial charge in [-0.2, -0.15) is 0 Å². The van der Waals surface area contributed by atoms with E-state index in [1.165, 1.54) is 5.56 Å². The topological polar surface area (TPSA) is 30.5 Å². The minimum atomic E-state index is -0.146. The van der Waals surface area contributed by atoms with Crippen LogP contribution in [0.1, 0.15) is 58.7 Å². The van der Waals surface area contributed by atoms with Crippen LogP contribution in [0.3, 0.4) is 0 Å². The molecule has 1 rings (SSSR count). The molecule has 0 aliphatic carbocycles. The quantitative estimate of drug-likeness (QED) is 0.816. The van der Waals surface area contributed by atoms with Gasteiger partial charge >= 0.3 is 0 Å². The molecule has 0 aliphatic rings. The Labute approximate surface area is 123 Å². The van der Waals surface area contributed by atoms with Gasteiger partial charge in [-0.05, 0) is 58.9 Å². The SMILES string of the molecule is CCNC(C)c1ccc(OCC)c(COC(C)(C)C)c1. The standard InChI is InChI=1S/C17H29NO2/c1-7-18-13(3)14-9-10-16(19-8-2)15(11-14)12-20-17(4,5)6/h9-11,13,18H,7-8,12H2,1-6H3. The third-order valence-electron chi connectivity index (χ3n) is 3.06. The summed E-state index contributed by atoms with van der Waals surface area (Å²) in [5, 5.41) is 3.43. The first-order valence-corrected chi connectivity index (χ1v) is 7.50. The Morgan fingerprint density at radius 1 is 1.20 bits per heavy atom. The minimum absolute atomic E-state index is 0.146. The third kappa shape index (κ3) is 5.51. The molecule has 0 aliphatic heterocycles. The van der Waals surface area contributed by atoms with Gasteiger partial charge in [0.2, 0.25) is 0 Å². The molecule has 3 nitrogen and oxygen atoms in total. The Morgan fingerprint density at radius 3 is 2.45 bits per heavy atom. The molecule has 1 aromatic carbocycles. The average Bonchev–Trinajstić information content (AvgIpc) is 2.37. The van der Waals surface area contributed by atoms with Crippen LogP contribution in [0.2, 0.25) is 0 Å². The van der Waals surface area contributed by atoms with Crippen LogP contribution in [-0.2, 0) is 11.3 Å². The summed E-state index contributed by atoms with van der Waals surface area (Å²) in [4.78, 5) is 0. The number of nitrogens with one attached hydrogen (secondary N) is 1. The van der Waals surface area contributed by atoms with Gasteiger partial charge in [-0.25, -0.2) is 0 Å². The predicted octanol–water partition coefficient (Wildman–Crippen LogP) is 4.07. The predicted molar refractivity (Wildman–Crippen MR) is 84.2 cm³/mol. The van der Waals surface area contributed by atoms with Crippen molar-refractivity contribution in [2.75, 3.05) is 13.2 Å². The van der Waals surface area contributed by atoms with Crippen molar-refractivity contribution < 1.29 is 9.47 Å². The van der Waals surface area contributed by atoms with Gasteiger partial charge < -0.3 is 14.8 Å². The van der Waals surface area contributed by atoms with Crippen molar-refractivity contribution in [3.63, 3.8) is 0 Å². The summed E-state index contributed by atoms with van der Waals surface area (Å²) in [7, 11) is 0. The number of hydrogen-bond acceptors (Lipinski definition) is 3. The lowest BCUT2D eigenvalue weighted by molar-refractivity contribution is -0.0158. The van der Waals surface area contributed by atoms with E-state index in [4.69, 9.17) is 9.47 Å². The molecule has 0 saturated heterocycles. The van der Waals surface area contributed by atoms with Gasteiger partial charge in [-0.15, -0.1) is 0 Å². The lowest BCUT2D eigenvalue weighted by Crippen LogP contribution is -2.20. The van der Waals surface area contributed by atoms with Gasteiger partial charge in [0, 0.05) is 11.6 Å². The number of hydrogen-bond donors (Lipinski definition) is 1. The Kier molecular flexibility index (Phi) is 6.50. The summed E-state index contributed by atoms with van der Waals surface area (Å²) < 4.78 is 11.6. The molecule has 0 spiro atoms. The largest absolute Gasteiger partial charge is 0.494 e. The van der Waals surface area contributed by atoms with Crippen molar-refractivity contribution in [2.45, 2.75) is 59.8 Å². The highest BCUT2D eigenvalue weighted by molar-refractivity contribution is 5.38. The smallest absolute Gasteiger partial charge is 0.124 e. The van der Waals surface area contributed by atoms with Gasteiger partial charge in [0.05, 0.1) is 18.8 Å². The van der Waals surface area contributed by atoms with Crippen LogP contribution in [0, 0.1) is 0 Å². The molecule has 1 unspecified atom stereocenters. The molecule has 0 bridgehead atoms. The number of ether oxygens (including phenoxy) is 2. The summed E-state index contributed by atoms with van der Waals surface area (Å²) >= 11 is 0. The summed E-state index contributed by atoms with van der Waals surface area (Å²) in [6.07, 6.45) is 0. The monoisotopic (exact) mass is 279 g/mol. The first-order valence-electron chi connectivity index (χ1n) is 7.50. The van der Waals surface area contributed by atoms with Crippen molar-refractivity contribution in [2.24, 2.45) is 0 Å². The zero-order chi connectivity index (χ0) is 15.2. The molecule has 0 heterocycles. The van der Waals surface area contributed by atoms with Gasteiger partial charge in [0.15, 0.2) is 0 Å². The number of rotatable bonds is 7. The van der Waals surface area contributed by atoms with E-state index in [2.05, 4.69) is 52.1 Å². The molecule has 1 N–H and O–H groups in total. The summed E-state index contributed by atoms with van der Waals surface area (Å²) in [5.41, 5.74) is 2.24. The van der Waals surface area contributed by atoms with E-state index in [-0.39, 0.29) is 5.60 Å². The first kappa shape index (κ1) is 17.0. The van der Waals surface area contributed by atoms with Crippen LogP contribution in [-0.4, -0.2) is 18.8 Å². The Balaban J connectivity index is 2.93. The second-order valence-corrected chi connectivity index (χ2v) is 5.98. The zero-order valence-electron chi connectivity index (χ0n) is 13.7. The molecule has 0 amide bonds. The average molecular weight is 279 g/mol. The van der Waals surface area contributed by atoms with Crippen molar-refractivity contribution >= 4 is 0 Å². The molecule has 20 heavy (non-hydrogen) atoms. The molecule has 0 radical (unpaired) electrons. The molecular weight excluding hydrogens is 250 g/mol. The Morgan fingerprint density at radius 2 is 1.90 bits per heavy atom. The highest BCUT2D eigenvalue weighted by Crippen LogP contribution is 2.26. The lowest BCUT2D eigenvalue weighted by atomic mass is 10.0. The van der Waals surface area contributed by atoms with E-state index >= 15 is 0 Å². The maximum absolute atomic E-state index is 5.90. The van der Waals surface area contributed by atoms with Gasteiger partial charge in [-0.1, -0.05) is 13.0 Å². The van der Waals surface area contributed by atoms with E-state index < -0.39 is 0 Å². The molecule has 0 fully saturated rings. The van der Waals surface area contributed by atoms with E-state index in [1.807, 2.05) is 13.0 Å². The Hall–Kier alpha value is -1.06. The van der Waals surface area contributed by atoms with E-state index in [9.17, 15) is 0 Å². The van der Waals surface area contributed by atoms with Crippen molar-refractivity contribution in [3.8, 4) is 5.75 Å². The van der Waals surface area contributed by atoms with E-state index in [0.717, 1.165) is 17.9 Å². The molecule has 1 atom stereocenters. The first-order chi connectivity index (χ1) is 9.37. The maximum Gasteiger partial charge on any atom is 0.124 e. The minimum Gasteiger partial charge on any atom is -0.494 e. The normalized spacial score (nSPS) is 13.3. The fourth-order valence-corrected chi connectivity index (χ4v) is 2.00. The van der Waals surface area contributed by atoms with Crippen molar-refractivity contribution in [1.29, 1.82) is 0 Å². The summed E-state index contributed by atoms with van der Waals surface area (Å²) in [6.45, 7) is 14.7. The number of benzene rings is 1. The molecule has 3 heteroatoms. The van der Waals surface area contributed by atoms with Crippen molar-refractivity contribution in [3.05, 3.63) is 29.3 Å². The van der Waals surface area contributed by atoms with E-state index in [0.29, 0.717) is 19.3 Å². The van der Waals surface area contributed by atoms with Crippen LogP contribution in [0.15, 0.2) is 18.2 Å². The van der Waals surface area contributed by atoms with Crippen LogP contribution in [0.5, 0.6) is 5.75 Å². The van der Waals surface area contributed by atoms with Gasteiger partial charge in [-0.3, -0.25) is 0 Å². The molecular formula is C17H29NO2. The van der Waals surface area contributed by atoms with Gasteiger partial charge in [0.1, 0.15) is 5.75 Å². The fourth-order valence-electron chi connectivity index (χ4n) is 2.00. The molecule has 0 aromatic heterocycles. The zero-order valence-corrected chi connectivity index (χ0v) is 13.7. The summed E-state index contributed by atoms with van der Waals surface area (Å²) in [5.74, 6) is 0.921. The third-order valence-corrected chi connectivity index (χ3v) is 3.06. The fraction of sp³-hybridized carbons (Fsp3) is 0.647. The molecule has 0 saturated carbocycles.